The lowest BCUT2D eigenvalue weighted by molar-refractivity contribution is 0.0684. The molecular formula is C23H30N2O4S. The maximum absolute atomic E-state index is 12.7. The number of hydrogen-bond acceptors (Lipinski definition) is 5. The highest BCUT2D eigenvalue weighted by Crippen LogP contribution is 2.36. The van der Waals surface area contributed by atoms with Crippen molar-refractivity contribution >= 4 is 33.9 Å². The standard InChI is InChI=1S/C23H30N2O4S/c1-23(2,3)18-14-30-21(19(18)22(27)28)24-20(26)16-5-7-17(8-6-16)25(4)13-15-9-11-29-12-10-15/h5-8,14-15H,9-13H2,1-4H3,(H,24,26)(H,27,28). The number of carboxylic acid groups (broad SMARTS) is 1. The van der Waals surface area contributed by atoms with Crippen LogP contribution in [0.3, 0.4) is 0 Å². The Bertz CT molecular complexity index is 893. The predicted octanol–water partition coefficient (Wildman–Crippen LogP) is 4.86. The van der Waals surface area contributed by atoms with Crippen LogP contribution in [0, 0.1) is 5.92 Å². The first-order chi connectivity index (χ1) is 14.2. The first-order valence-electron chi connectivity index (χ1n) is 10.2. The summed E-state index contributed by atoms with van der Waals surface area (Å²) in [5, 5.41) is 14.6. The number of hydrogen-bond donors (Lipinski definition) is 2. The fourth-order valence-corrected chi connectivity index (χ4v) is 4.85. The number of ether oxygens (including phenoxy) is 1. The Morgan fingerprint density at radius 1 is 1.20 bits per heavy atom. The van der Waals surface area contributed by atoms with Gasteiger partial charge < -0.3 is 20.1 Å². The van der Waals surface area contributed by atoms with Crippen molar-refractivity contribution in [3.63, 3.8) is 0 Å². The summed E-state index contributed by atoms with van der Waals surface area (Å²) in [6, 6.07) is 7.43. The van der Waals surface area contributed by atoms with Gasteiger partial charge in [-0.3, -0.25) is 4.79 Å². The van der Waals surface area contributed by atoms with Crippen molar-refractivity contribution < 1.29 is 19.4 Å². The lowest BCUT2D eigenvalue weighted by atomic mass is 9.86. The fraction of sp³-hybridized carbons (Fsp3) is 0.478. The summed E-state index contributed by atoms with van der Waals surface area (Å²) in [5.74, 6) is -0.711. The van der Waals surface area contributed by atoms with Crippen LogP contribution in [-0.2, 0) is 10.2 Å². The van der Waals surface area contributed by atoms with Crippen LogP contribution in [0.15, 0.2) is 29.6 Å². The van der Waals surface area contributed by atoms with E-state index < -0.39 is 5.97 Å². The molecule has 0 saturated carbocycles. The third-order valence-electron chi connectivity index (χ3n) is 5.48. The van der Waals surface area contributed by atoms with Crippen LogP contribution in [0.5, 0.6) is 0 Å². The van der Waals surface area contributed by atoms with E-state index >= 15 is 0 Å². The van der Waals surface area contributed by atoms with Crippen molar-refractivity contribution in [3.05, 3.63) is 46.3 Å². The molecule has 0 atom stereocenters. The van der Waals surface area contributed by atoms with Crippen LogP contribution < -0.4 is 10.2 Å². The molecule has 1 fully saturated rings. The maximum atomic E-state index is 12.7. The zero-order valence-electron chi connectivity index (χ0n) is 18.0. The highest BCUT2D eigenvalue weighted by atomic mass is 32.1. The molecule has 1 aliphatic rings. The number of benzene rings is 1. The molecule has 2 N–H and O–H groups in total. The highest BCUT2D eigenvalue weighted by Gasteiger charge is 2.27. The van der Waals surface area contributed by atoms with E-state index in [-0.39, 0.29) is 16.9 Å². The first-order valence-corrected chi connectivity index (χ1v) is 11.1. The number of rotatable bonds is 6. The van der Waals surface area contributed by atoms with E-state index in [0.29, 0.717) is 16.5 Å². The monoisotopic (exact) mass is 430 g/mol. The molecule has 30 heavy (non-hydrogen) atoms. The van der Waals surface area contributed by atoms with Gasteiger partial charge in [-0.2, -0.15) is 0 Å². The molecule has 0 aliphatic carbocycles. The number of thiophene rings is 1. The van der Waals surface area contributed by atoms with Crippen LogP contribution in [-0.4, -0.2) is 43.8 Å². The molecule has 1 aromatic heterocycles. The number of nitrogens with zero attached hydrogens (tertiary/aromatic N) is 1. The van der Waals surface area contributed by atoms with Crippen LogP contribution in [0.2, 0.25) is 0 Å². The van der Waals surface area contributed by atoms with Gasteiger partial charge in [0.15, 0.2) is 0 Å². The number of amides is 1. The number of anilines is 2. The summed E-state index contributed by atoms with van der Waals surface area (Å²) in [5.41, 5.74) is 2.13. The highest BCUT2D eigenvalue weighted by molar-refractivity contribution is 7.15. The molecule has 2 aromatic rings. The van der Waals surface area contributed by atoms with Crippen LogP contribution in [0.25, 0.3) is 0 Å². The Kier molecular flexibility index (Phi) is 6.83. The topological polar surface area (TPSA) is 78.9 Å². The van der Waals surface area contributed by atoms with E-state index in [1.165, 1.54) is 11.3 Å². The quantitative estimate of drug-likeness (QED) is 0.684. The molecular weight excluding hydrogens is 400 g/mol. The zero-order valence-corrected chi connectivity index (χ0v) is 18.8. The number of aromatic carboxylic acids is 1. The van der Waals surface area contributed by atoms with Gasteiger partial charge in [0.2, 0.25) is 0 Å². The molecule has 0 spiro atoms. The number of carbonyl (C=O) groups is 2. The summed E-state index contributed by atoms with van der Waals surface area (Å²) in [6.07, 6.45) is 2.15. The van der Waals surface area contributed by atoms with Crippen molar-refractivity contribution in [2.24, 2.45) is 5.92 Å². The Morgan fingerprint density at radius 3 is 2.40 bits per heavy atom. The van der Waals surface area contributed by atoms with Crippen molar-refractivity contribution in [2.45, 2.75) is 39.0 Å². The number of nitrogens with one attached hydrogen (secondary N) is 1. The molecule has 2 heterocycles. The van der Waals surface area contributed by atoms with Crippen molar-refractivity contribution in [1.29, 1.82) is 0 Å². The van der Waals surface area contributed by atoms with E-state index in [1.54, 1.807) is 12.1 Å². The minimum atomic E-state index is -1.03. The Labute approximate surface area is 181 Å². The smallest absolute Gasteiger partial charge is 0.339 e. The van der Waals surface area contributed by atoms with E-state index in [4.69, 9.17) is 4.74 Å². The summed E-state index contributed by atoms with van der Waals surface area (Å²) in [7, 11) is 2.06. The fourth-order valence-electron chi connectivity index (χ4n) is 3.68. The first kappa shape index (κ1) is 22.3. The van der Waals surface area contributed by atoms with E-state index in [9.17, 15) is 14.7 Å². The lowest BCUT2D eigenvalue weighted by Gasteiger charge is -2.28. The molecule has 6 nitrogen and oxygen atoms in total. The van der Waals surface area contributed by atoms with E-state index in [0.717, 1.165) is 43.9 Å². The van der Waals surface area contributed by atoms with Crippen molar-refractivity contribution in [2.75, 3.05) is 37.0 Å². The lowest BCUT2D eigenvalue weighted by Crippen LogP contribution is -2.29. The van der Waals surface area contributed by atoms with Crippen molar-refractivity contribution in [1.82, 2.24) is 0 Å². The van der Waals surface area contributed by atoms with Gasteiger partial charge in [-0.15, -0.1) is 11.3 Å². The number of carbonyl (C=O) groups excluding carboxylic acids is 1. The molecule has 0 bridgehead atoms. The molecule has 3 rings (SSSR count). The SMILES string of the molecule is CN(CC1CCOCC1)c1ccc(C(=O)Nc2scc(C(C)(C)C)c2C(=O)O)cc1. The van der Waals surface area contributed by atoms with Gasteiger partial charge in [-0.05, 0) is 59.4 Å². The summed E-state index contributed by atoms with van der Waals surface area (Å²) in [4.78, 5) is 26.7. The van der Waals surface area contributed by atoms with Gasteiger partial charge >= 0.3 is 5.97 Å². The van der Waals surface area contributed by atoms with Crippen LogP contribution in [0.1, 0.15) is 59.9 Å². The summed E-state index contributed by atoms with van der Waals surface area (Å²) < 4.78 is 5.42. The van der Waals surface area contributed by atoms with Gasteiger partial charge in [0.05, 0.1) is 5.56 Å². The molecule has 1 saturated heterocycles. The van der Waals surface area contributed by atoms with E-state index in [2.05, 4.69) is 17.3 Å². The minimum Gasteiger partial charge on any atom is -0.478 e. The third kappa shape index (κ3) is 5.21. The van der Waals surface area contributed by atoms with Crippen LogP contribution in [0.4, 0.5) is 10.7 Å². The Morgan fingerprint density at radius 2 is 1.83 bits per heavy atom. The molecule has 0 unspecified atom stereocenters. The summed E-state index contributed by atoms with van der Waals surface area (Å²) >= 11 is 1.25. The van der Waals surface area contributed by atoms with Gasteiger partial charge in [-0.25, -0.2) is 4.79 Å². The minimum absolute atomic E-state index is 0.175. The molecule has 162 valence electrons. The number of carboxylic acids is 1. The van der Waals surface area contributed by atoms with Crippen LogP contribution >= 0.6 is 11.3 Å². The molecule has 1 aromatic carbocycles. The Hall–Kier alpha value is -2.38. The molecule has 1 amide bonds. The predicted molar refractivity (Wildman–Crippen MR) is 121 cm³/mol. The average molecular weight is 431 g/mol. The average Bonchev–Trinajstić information content (AvgIpc) is 3.13. The van der Waals surface area contributed by atoms with E-state index in [1.807, 2.05) is 38.3 Å². The largest absolute Gasteiger partial charge is 0.478 e. The van der Waals surface area contributed by atoms with Gasteiger partial charge in [0.1, 0.15) is 5.00 Å². The van der Waals surface area contributed by atoms with Crippen molar-refractivity contribution in [3.8, 4) is 0 Å². The Balaban J connectivity index is 1.69. The second-order valence-corrected chi connectivity index (χ2v) is 9.73. The molecule has 0 radical (unpaired) electrons. The van der Waals surface area contributed by atoms with Gasteiger partial charge in [-0.1, -0.05) is 20.8 Å². The second-order valence-electron chi connectivity index (χ2n) is 8.85. The second kappa shape index (κ2) is 9.18. The van der Waals surface area contributed by atoms with Gasteiger partial charge in [0, 0.05) is 38.1 Å². The normalized spacial score (nSPS) is 15.1. The molecule has 1 aliphatic heterocycles. The zero-order chi connectivity index (χ0) is 21.9. The summed E-state index contributed by atoms with van der Waals surface area (Å²) in [6.45, 7) is 8.50. The maximum Gasteiger partial charge on any atom is 0.339 e. The molecule has 7 heteroatoms. The van der Waals surface area contributed by atoms with Gasteiger partial charge in [0.25, 0.3) is 5.91 Å². The third-order valence-corrected chi connectivity index (χ3v) is 6.38.